The number of hydrogen-bond donors (Lipinski definition) is 0. The van der Waals surface area contributed by atoms with E-state index in [0.29, 0.717) is 6.42 Å². The van der Waals surface area contributed by atoms with Crippen LogP contribution in [0, 0.1) is 11.6 Å². The van der Waals surface area contributed by atoms with Gasteiger partial charge in [-0.1, -0.05) is 158 Å². The summed E-state index contributed by atoms with van der Waals surface area (Å²) in [6, 6.07) is 54.1. The third kappa shape index (κ3) is 13.7. The van der Waals surface area contributed by atoms with Gasteiger partial charge in [0.15, 0.2) is 0 Å². The van der Waals surface area contributed by atoms with Gasteiger partial charge in [0.25, 0.3) is 0 Å². The Bertz CT molecular complexity index is 1300. The van der Waals surface area contributed by atoms with Crippen LogP contribution in [-0.2, 0) is 26.5 Å². The van der Waals surface area contributed by atoms with Crippen molar-refractivity contribution in [2.75, 3.05) is 12.3 Å². The fourth-order valence-corrected chi connectivity index (χ4v) is 9.61. The SMILES string of the molecule is O=[C-]C/C=C/c1ccccc1.[C-]#[O+].[Fe+2].[N-]=O.c1ccc(P(CCP(c2ccccc2)c2ccccc2)c2ccccc2)cc1. The Hall–Kier alpha value is -3.77. The van der Waals surface area contributed by atoms with Crippen LogP contribution in [0.3, 0.4) is 0 Å². The average molecular weight is 657 g/mol. The molecule has 44 heavy (non-hydrogen) atoms. The van der Waals surface area contributed by atoms with Crippen molar-refractivity contribution in [2.24, 2.45) is 0 Å². The van der Waals surface area contributed by atoms with Gasteiger partial charge in [-0.3, -0.25) is 6.29 Å². The largest absolute Gasteiger partial charge is 2.00 e. The van der Waals surface area contributed by atoms with Crippen molar-refractivity contribution in [3.8, 4) is 0 Å². The first kappa shape index (κ1) is 38.3. The van der Waals surface area contributed by atoms with Crippen molar-refractivity contribution in [1.82, 2.24) is 0 Å². The molecule has 5 aromatic carbocycles. The molecule has 5 rings (SSSR count). The molecule has 0 N–H and O–H groups in total. The van der Waals surface area contributed by atoms with Crippen molar-refractivity contribution in [3.63, 3.8) is 0 Å². The van der Waals surface area contributed by atoms with Crippen molar-refractivity contribution in [1.29, 1.82) is 0 Å². The van der Waals surface area contributed by atoms with Crippen LogP contribution in [0.2, 0.25) is 0 Å². The Kier molecular flexibility index (Phi) is 21.4. The van der Waals surface area contributed by atoms with E-state index in [9.17, 15) is 4.79 Å². The molecule has 0 atom stereocenters. The number of nitrogens with zero attached hydrogens (tertiary/aromatic N) is 1. The summed E-state index contributed by atoms with van der Waals surface area (Å²) < 4.78 is 7.50. The molecular weight excluding hydrogens is 624 g/mol. The Morgan fingerprint density at radius 1 is 0.545 bits per heavy atom. The molecule has 0 fully saturated rings. The van der Waals surface area contributed by atoms with Crippen LogP contribution in [0.25, 0.3) is 11.7 Å². The summed E-state index contributed by atoms with van der Waals surface area (Å²) in [4.78, 5) is 17.1. The topological polar surface area (TPSA) is 76.3 Å². The van der Waals surface area contributed by atoms with Crippen LogP contribution < -0.4 is 21.2 Å². The van der Waals surface area contributed by atoms with E-state index in [1.165, 1.54) is 33.5 Å². The summed E-state index contributed by atoms with van der Waals surface area (Å²) in [6.07, 6.45) is 8.29. The van der Waals surface area contributed by atoms with Crippen molar-refractivity contribution in [3.05, 3.63) is 180 Å². The molecule has 5 aromatic rings. The van der Waals surface area contributed by atoms with Gasteiger partial charge in [-0.2, -0.15) is 0 Å². The Balaban J connectivity index is 0.000000510. The van der Waals surface area contributed by atoms with E-state index in [-0.39, 0.29) is 32.9 Å². The van der Waals surface area contributed by atoms with Crippen LogP contribution in [-0.4, -0.2) is 18.6 Å². The number of carbonyl (C=O) groups excluding carboxylic acids is 1. The van der Waals surface area contributed by atoms with Crippen LogP contribution in [0.5, 0.6) is 0 Å². The second-order valence-corrected chi connectivity index (χ2v) is 13.5. The summed E-state index contributed by atoms with van der Waals surface area (Å²) in [7, 11) is -0.696. The van der Waals surface area contributed by atoms with Gasteiger partial charge in [0.05, 0.1) is 0 Å². The fraction of sp³-hybridized carbons (Fsp3) is 0.0811. The van der Waals surface area contributed by atoms with Gasteiger partial charge in [0.2, 0.25) is 0 Å². The zero-order valence-electron chi connectivity index (χ0n) is 24.1. The van der Waals surface area contributed by atoms with Gasteiger partial charge in [0.1, 0.15) is 0 Å². The summed E-state index contributed by atoms with van der Waals surface area (Å²) in [5.74, 6) is 0. The minimum atomic E-state index is -0.348. The van der Waals surface area contributed by atoms with E-state index in [1.807, 2.05) is 36.4 Å². The second kappa shape index (κ2) is 24.6. The quantitative estimate of drug-likeness (QED) is 0.0667. The van der Waals surface area contributed by atoms with Gasteiger partial charge >= 0.3 is 28.4 Å². The first-order valence-corrected chi connectivity index (χ1v) is 16.6. The molecule has 0 aliphatic carbocycles. The first-order valence-electron chi connectivity index (χ1n) is 13.6. The summed E-state index contributed by atoms with van der Waals surface area (Å²) >= 11 is 0. The number of benzene rings is 5. The van der Waals surface area contributed by atoms with E-state index in [4.69, 9.17) is 15.2 Å². The molecule has 4 nitrogen and oxygen atoms in total. The van der Waals surface area contributed by atoms with Crippen LogP contribution >= 0.6 is 15.8 Å². The van der Waals surface area contributed by atoms with E-state index in [2.05, 4.69) is 128 Å². The zero-order chi connectivity index (χ0) is 31.0. The minimum Gasteiger partial charge on any atom is -0.577 e. The van der Waals surface area contributed by atoms with Crippen molar-refractivity contribution < 1.29 is 26.5 Å². The number of rotatable bonds is 10. The number of allylic oxidation sites excluding steroid dienone is 1. The monoisotopic (exact) mass is 657 g/mol. The standard InChI is InChI=1S/C26H24P2.C10H9O.CO.Fe.NO/c1-5-13-23(14-6-1)27(24-15-7-2-8-16-24)21-22-28(25-17-9-3-10-18-25)26-19-11-4-12-20-26;11-9-5-4-8-10-6-2-1-3-7-10;1-2;;1-2/h1-20H,21-22H2;1-4,6-8H,5H2;;;/q;-1;;+2;-1/b;8-4+;;;. The molecular formula is C37H33FeNO3P2. The maximum absolute atomic E-state index is 9.82. The summed E-state index contributed by atoms with van der Waals surface area (Å²) in [5, 5.41) is 5.89. The maximum Gasteiger partial charge on any atom is 2.00 e. The maximum atomic E-state index is 9.82. The molecule has 0 saturated heterocycles. The molecule has 0 saturated carbocycles. The van der Waals surface area contributed by atoms with E-state index >= 15 is 0 Å². The van der Waals surface area contributed by atoms with E-state index in [1.54, 1.807) is 12.4 Å². The smallest absolute Gasteiger partial charge is 0.577 e. The van der Waals surface area contributed by atoms with Crippen LogP contribution in [0.15, 0.2) is 158 Å². The predicted molar refractivity (Wildman–Crippen MR) is 184 cm³/mol. The molecule has 0 unspecified atom stereocenters. The van der Waals surface area contributed by atoms with Crippen molar-refractivity contribution >= 4 is 49.4 Å². The third-order valence-electron chi connectivity index (χ3n) is 6.13. The van der Waals surface area contributed by atoms with Crippen LogP contribution in [0.1, 0.15) is 12.0 Å². The Morgan fingerprint density at radius 3 is 1.09 bits per heavy atom. The van der Waals surface area contributed by atoms with E-state index < -0.39 is 0 Å². The van der Waals surface area contributed by atoms with E-state index in [0.717, 1.165) is 5.56 Å². The number of hydrogen-bond acceptors (Lipinski definition) is 2. The summed E-state index contributed by atoms with van der Waals surface area (Å²) in [5.41, 5.74) is 6.86. The van der Waals surface area contributed by atoms with Gasteiger partial charge < -0.3 is 15.3 Å². The third-order valence-corrected chi connectivity index (χ3v) is 11.5. The van der Waals surface area contributed by atoms with Gasteiger partial charge in [-0.15, -0.1) is 12.5 Å². The molecule has 0 aliphatic rings. The normalized spacial score (nSPS) is 9.73. The van der Waals surface area contributed by atoms with Crippen LogP contribution in [0.4, 0.5) is 0 Å². The first-order chi connectivity index (χ1) is 21.3. The second-order valence-electron chi connectivity index (χ2n) is 8.81. The molecule has 0 heterocycles. The molecule has 222 valence electrons. The Labute approximate surface area is 274 Å². The Morgan fingerprint density at radius 2 is 0.818 bits per heavy atom. The zero-order valence-corrected chi connectivity index (χ0v) is 27.0. The molecule has 7 heteroatoms. The minimum absolute atomic E-state index is 0. The van der Waals surface area contributed by atoms with Crippen molar-refractivity contribution in [2.45, 2.75) is 6.42 Å². The molecule has 0 aliphatic heterocycles. The number of nitroso groups, excluding NO2 is 1. The average Bonchev–Trinajstić information content (AvgIpc) is 3.11. The van der Waals surface area contributed by atoms with Gasteiger partial charge in [-0.05, 0) is 54.9 Å². The fourth-order valence-electron chi connectivity index (χ4n) is 4.25. The molecule has 0 spiro atoms. The predicted octanol–water partition coefficient (Wildman–Crippen LogP) is 7.73. The molecule has 0 radical (unpaired) electrons. The van der Waals surface area contributed by atoms with Gasteiger partial charge in [-0.25, -0.2) is 0 Å². The molecule has 0 aromatic heterocycles. The van der Waals surface area contributed by atoms with Gasteiger partial charge in [0, 0.05) is 0 Å². The molecule has 0 amide bonds. The summed E-state index contributed by atoms with van der Waals surface area (Å²) in [6.45, 7) is 4.50. The molecule has 0 bridgehead atoms.